The second-order valence-electron chi connectivity index (χ2n) is 14.6. The molecule has 0 aromatic carbocycles. The molecule has 6 nitrogen and oxygen atoms in total. The summed E-state index contributed by atoms with van der Waals surface area (Å²) in [6.45, 7) is 6.59. The summed E-state index contributed by atoms with van der Waals surface area (Å²) in [7, 11) is 0. The van der Waals surface area contributed by atoms with E-state index < -0.39 is 6.10 Å². The van der Waals surface area contributed by atoms with Gasteiger partial charge in [0.2, 0.25) is 0 Å². The van der Waals surface area contributed by atoms with Crippen LogP contribution in [0.25, 0.3) is 0 Å². The molecule has 0 N–H and O–H groups in total. The molecule has 0 aromatic heterocycles. The van der Waals surface area contributed by atoms with Crippen LogP contribution in [0.15, 0.2) is 0 Å². The smallest absolute Gasteiger partial charge is 0.306 e. The molecule has 0 aromatic rings. The average Bonchev–Trinajstić information content (AvgIpc) is 3.10. The molecular formula is C43H82O6. The molecule has 0 aliphatic heterocycles. The minimum Gasteiger partial charge on any atom is -0.462 e. The highest BCUT2D eigenvalue weighted by atomic mass is 16.6. The molecule has 0 aliphatic carbocycles. The van der Waals surface area contributed by atoms with Crippen molar-refractivity contribution in [3.8, 4) is 0 Å². The summed E-state index contributed by atoms with van der Waals surface area (Å²) in [6.07, 6.45) is 38.0. The maximum atomic E-state index is 12.6. The lowest BCUT2D eigenvalue weighted by Crippen LogP contribution is -2.30. The summed E-state index contributed by atoms with van der Waals surface area (Å²) in [5.74, 6) is -0.862. The summed E-state index contributed by atoms with van der Waals surface area (Å²) >= 11 is 0. The zero-order valence-corrected chi connectivity index (χ0v) is 33.0. The fraction of sp³-hybridized carbons (Fsp3) is 0.930. The first-order valence-electron chi connectivity index (χ1n) is 21.5. The van der Waals surface area contributed by atoms with Crippen LogP contribution in [0.3, 0.4) is 0 Å². The molecule has 0 saturated carbocycles. The molecule has 6 heteroatoms. The van der Waals surface area contributed by atoms with Crippen molar-refractivity contribution in [2.24, 2.45) is 0 Å². The van der Waals surface area contributed by atoms with Gasteiger partial charge in [-0.25, -0.2) is 0 Å². The van der Waals surface area contributed by atoms with Crippen molar-refractivity contribution in [2.45, 2.75) is 245 Å². The summed E-state index contributed by atoms with van der Waals surface area (Å²) < 4.78 is 16.6. The van der Waals surface area contributed by atoms with E-state index in [1.54, 1.807) is 0 Å². The van der Waals surface area contributed by atoms with Gasteiger partial charge in [0.1, 0.15) is 13.2 Å². The largest absolute Gasteiger partial charge is 0.462 e. The third kappa shape index (κ3) is 37.5. The maximum absolute atomic E-state index is 12.6. The lowest BCUT2D eigenvalue weighted by Gasteiger charge is -2.18. The minimum absolute atomic E-state index is 0.0635. The van der Waals surface area contributed by atoms with E-state index >= 15 is 0 Å². The van der Waals surface area contributed by atoms with Gasteiger partial charge in [0.25, 0.3) is 0 Å². The van der Waals surface area contributed by atoms with Crippen LogP contribution < -0.4 is 0 Å². The highest BCUT2D eigenvalue weighted by molar-refractivity contribution is 5.71. The Morgan fingerprint density at radius 2 is 0.551 bits per heavy atom. The van der Waals surface area contributed by atoms with E-state index in [0.717, 1.165) is 57.8 Å². The lowest BCUT2D eigenvalue weighted by molar-refractivity contribution is -0.167. The number of esters is 3. The molecule has 0 amide bonds. The van der Waals surface area contributed by atoms with Crippen LogP contribution in [-0.2, 0) is 28.6 Å². The van der Waals surface area contributed by atoms with Crippen LogP contribution >= 0.6 is 0 Å². The number of carbonyl (C=O) groups excluding carboxylic acids is 3. The number of carbonyl (C=O) groups is 3. The first kappa shape index (κ1) is 47.4. The van der Waals surface area contributed by atoms with E-state index in [1.165, 1.54) is 141 Å². The molecule has 290 valence electrons. The molecule has 0 radical (unpaired) electrons. The Balaban J connectivity index is 4.28. The Labute approximate surface area is 304 Å². The van der Waals surface area contributed by atoms with Crippen molar-refractivity contribution in [3.63, 3.8) is 0 Å². The topological polar surface area (TPSA) is 78.9 Å². The van der Waals surface area contributed by atoms with Gasteiger partial charge in [-0.05, 0) is 19.3 Å². The normalized spacial score (nSPS) is 11.8. The van der Waals surface area contributed by atoms with Crippen molar-refractivity contribution in [1.29, 1.82) is 0 Å². The Morgan fingerprint density at radius 1 is 0.327 bits per heavy atom. The molecule has 1 atom stereocenters. The molecular weight excluding hydrogens is 612 g/mol. The van der Waals surface area contributed by atoms with Crippen molar-refractivity contribution in [2.75, 3.05) is 13.2 Å². The van der Waals surface area contributed by atoms with Crippen LogP contribution in [0.4, 0.5) is 0 Å². The second kappa shape index (κ2) is 39.2. The van der Waals surface area contributed by atoms with Crippen molar-refractivity contribution < 1.29 is 28.6 Å². The van der Waals surface area contributed by atoms with E-state index in [9.17, 15) is 14.4 Å². The van der Waals surface area contributed by atoms with Crippen molar-refractivity contribution in [3.05, 3.63) is 0 Å². The fourth-order valence-corrected chi connectivity index (χ4v) is 6.32. The Morgan fingerprint density at radius 3 is 0.816 bits per heavy atom. The molecule has 1 unspecified atom stereocenters. The van der Waals surface area contributed by atoms with Crippen LogP contribution in [0.5, 0.6) is 0 Å². The van der Waals surface area contributed by atoms with Gasteiger partial charge in [0.15, 0.2) is 6.10 Å². The average molecular weight is 695 g/mol. The molecule has 0 rings (SSSR count). The standard InChI is InChI=1S/C43H82O6/c1-4-7-10-13-16-18-20-21-23-24-27-30-33-36-42(45)48-39-40(38-47-41(44)35-32-29-26-15-12-9-6-3)49-43(46)37-34-31-28-25-22-19-17-14-11-8-5-2/h40H,4-39H2,1-3H3. The van der Waals surface area contributed by atoms with Gasteiger partial charge >= 0.3 is 17.9 Å². The van der Waals surface area contributed by atoms with Gasteiger partial charge in [0, 0.05) is 19.3 Å². The fourth-order valence-electron chi connectivity index (χ4n) is 6.32. The minimum atomic E-state index is -0.756. The van der Waals surface area contributed by atoms with Gasteiger partial charge in [-0.2, -0.15) is 0 Å². The molecule has 0 spiro atoms. The van der Waals surface area contributed by atoms with Gasteiger partial charge in [-0.1, -0.05) is 201 Å². The quantitative estimate of drug-likeness (QED) is 0.0362. The molecule has 49 heavy (non-hydrogen) atoms. The molecule has 0 bridgehead atoms. The Bertz CT molecular complexity index is 723. The number of hydrogen-bond donors (Lipinski definition) is 0. The SMILES string of the molecule is CCCCCCCCCCCCCCCC(=O)OCC(COC(=O)CCCCCCCCC)OC(=O)CCCCCCCCCCCCC. The number of ether oxygens (including phenoxy) is 3. The second-order valence-corrected chi connectivity index (χ2v) is 14.6. The molecule has 0 fully saturated rings. The van der Waals surface area contributed by atoms with Crippen LogP contribution in [-0.4, -0.2) is 37.2 Å². The third-order valence-corrected chi connectivity index (χ3v) is 9.61. The van der Waals surface area contributed by atoms with Crippen LogP contribution in [0, 0.1) is 0 Å². The highest BCUT2D eigenvalue weighted by Crippen LogP contribution is 2.15. The van der Waals surface area contributed by atoms with E-state index in [4.69, 9.17) is 14.2 Å². The summed E-state index contributed by atoms with van der Waals surface area (Å²) in [6, 6.07) is 0. The van der Waals surface area contributed by atoms with Crippen LogP contribution in [0.2, 0.25) is 0 Å². The summed E-state index contributed by atoms with van der Waals surface area (Å²) in [4.78, 5) is 37.5. The molecule has 0 heterocycles. The van der Waals surface area contributed by atoms with Gasteiger partial charge in [-0.3, -0.25) is 14.4 Å². The lowest BCUT2D eigenvalue weighted by atomic mass is 10.0. The van der Waals surface area contributed by atoms with E-state index in [-0.39, 0.29) is 31.1 Å². The van der Waals surface area contributed by atoms with E-state index in [2.05, 4.69) is 20.8 Å². The zero-order valence-electron chi connectivity index (χ0n) is 33.0. The number of hydrogen-bond acceptors (Lipinski definition) is 6. The van der Waals surface area contributed by atoms with Crippen molar-refractivity contribution >= 4 is 17.9 Å². The Kier molecular flexibility index (Phi) is 37.9. The number of rotatable bonds is 39. The predicted octanol–water partition coefficient (Wildman–Crippen LogP) is 13.3. The summed E-state index contributed by atoms with van der Waals surface area (Å²) in [5.41, 5.74) is 0. The van der Waals surface area contributed by atoms with Crippen LogP contribution in [0.1, 0.15) is 239 Å². The van der Waals surface area contributed by atoms with Crippen molar-refractivity contribution in [1.82, 2.24) is 0 Å². The van der Waals surface area contributed by atoms with Gasteiger partial charge in [-0.15, -0.1) is 0 Å². The first-order valence-corrected chi connectivity index (χ1v) is 21.5. The number of unbranched alkanes of at least 4 members (excludes halogenated alkanes) is 28. The first-order chi connectivity index (χ1) is 24.0. The van der Waals surface area contributed by atoms with Gasteiger partial charge in [0.05, 0.1) is 0 Å². The monoisotopic (exact) mass is 695 g/mol. The highest BCUT2D eigenvalue weighted by Gasteiger charge is 2.19. The predicted molar refractivity (Wildman–Crippen MR) is 206 cm³/mol. The zero-order chi connectivity index (χ0) is 35.9. The van der Waals surface area contributed by atoms with Gasteiger partial charge < -0.3 is 14.2 Å². The maximum Gasteiger partial charge on any atom is 0.306 e. The Hall–Kier alpha value is -1.59. The summed E-state index contributed by atoms with van der Waals surface area (Å²) in [5, 5.41) is 0. The third-order valence-electron chi connectivity index (χ3n) is 9.61. The molecule has 0 aliphatic rings. The molecule has 0 saturated heterocycles. The van der Waals surface area contributed by atoms with E-state index in [1.807, 2.05) is 0 Å². The van der Waals surface area contributed by atoms with E-state index in [0.29, 0.717) is 19.3 Å².